The van der Waals surface area contributed by atoms with Crippen LogP contribution in [0, 0.1) is 6.92 Å². The fourth-order valence-electron chi connectivity index (χ4n) is 3.29. The largest absolute Gasteiger partial charge is 0.467 e. The molecule has 0 bridgehead atoms. The molecular formula is C24H27N5O3S. The molecule has 4 aromatic rings. The van der Waals surface area contributed by atoms with Crippen LogP contribution < -0.4 is 5.32 Å². The van der Waals surface area contributed by atoms with Crippen LogP contribution in [0.3, 0.4) is 0 Å². The lowest BCUT2D eigenvalue weighted by Gasteiger charge is -2.19. The van der Waals surface area contributed by atoms with Crippen molar-refractivity contribution < 1.29 is 13.7 Å². The highest BCUT2D eigenvalue weighted by molar-refractivity contribution is 7.99. The van der Waals surface area contributed by atoms with Gasteiger partial charge in [-0.1, -0.05) is 62.0 Å². The Labute approximate surface area is 196 Å². The zero-order chi connectivity index (χ0) is 23.4. The van der Waals surface area contributed by atoms with Gasteiger partial charge in [0, 0.05) is 23.8 Å². The highest BCUT2D eigenvalue weighted by Gasteiger charge is 2.18. The molecule has 9 heteroatoms. The molecule has 33 heavy (non-hydrogen) atoms. The van der Waals surface area contributed by atoms with Gasteiger partial charge in [0.1, 0.15) is 11.5 Å². The average Bonchev–Trinajstić information content (AvgIpc) is 3.51. The minimum atomic E-state index is -0.133. The molecule has 0 aliphatic rings. The van der Waals surface area contributed by atoms with Gasteiger partial charge in [-0.2, -0.15) is 0 Å². The molecule has 3 aromatic heterocycles. The lowest BCUT2D eigenvalue weighted by molar-refractivity contribution is -0.115. The maximum atomic E-state index is 12.2. The normalized spacial score (nSPS) is 11.6. The summed E-state index contributed by atoms with van der Waals surface area (Å²) in [6.07, 6.45) is 1.96. The SMILES string of the molecule is Cc1cc(NC(=O)CCSc2nnc(-c3ccc(C(C)(C)C)cc3)n2Cc2ccco2)no1. The fourth-order valence-corrected chi connectivity index (χ4v) is 4.17. The molecule has 1 N–H and O–H groups in total. The van der Waals surface area contributed by atoms with Gasteiger partial charge >= 0.3 is 0 Å². The zero-order valence-electron chi connectivity index (χ0n) is 19.2. The van der Waals surface area contributed by atoms with Crippen LogP contribution >= 0.6 is 11.8 Å². The molecular weight excluding hydrogens is 438 g/mol. The Bertz CT molecular complexity index is 1200. The van der Waals surface area contributed by atoms with Crippen molar-refractivity contribution in [3.8, 4) is 11.4 Å². The number of hydrogen-bond donors (Lipinski definition) is 1. The number of anilines is 1. The Hall–Kier alpha value is -3.33. The van der Waals surface area contributed by atoms with Crippen LogP contribution in [0.2, 0.25) is 0 Å². The molecule has 0 spiro atoms. The molecule has 0 unspecified atom stereocenters. The highest BCUT2D eigenvalue weighted by atomic mass is 32.2. The number of hydrogen-bond acceptors (Lipinski definition) is 7. The Morgan fingerprint density at radius 2 is 1.94 bits per heavy atom. The number of rotatable bonds is 8. The van der Waals surface area contributed by atoms with E-state index in [-0.39, 0.29) is 11.3 Å². The first-order valence-electron chi connectivity index (χ1n) is 10.7. The van der Waals surface area contributed by atoms with Crippen LogP contribution in [0.4, 0.5) is 5.82 Å². The predicted molar refractivity (Wildman–Crippen MR) is 127 cm³/mol. The van der Waals surface area contributed by atoms with Gasteiger partial charge in [-0.25, -0.2) is 0 Å². The summed E-state index contributed by atoms with van der Waals surface area (Å²) < 4.78 is 12.6. The highest BCUT2D eigenvalue weighted by Crippen LogP contribution is 2.28. The van der Waals surface area contributed by atoms with Crippen LogP contribution in [0.5, 0.6) is 0 Å². The van der Waals surface area contributed by atoms with E-state index in [0.29, 0.717) is 30.3 Å². The molecule has 1 amide bonds. The van der Waals surface area contributed by atoms with Crippen molar-refractivity contribution in [2.75, 3.05) is 11.1 Å². The molecule has 0 radical (unpaired) electrons. The Morgan fingerprint density at radius 1 is 1.15 bits per heavy atom. The minimum Gasteiger partial charge on any atom is -0.467 e. The van der Waals surface area contributed by atoms with Gasteiger partial charge in [0.25, 0.3) is 0 Å². The van der Waals surface area contributed by atoms with Crippen molar-refractivity contribution in [2.24, 2.45) is 0 Å². The van der Waals surface area contributed by atoms with Gasteiger partial charge in [-0.15, -0.1) is 10.2 Å². The number of carbonyl (C=O) groups excluding carboxylic acids is 1. The van der Waals surface area contributed by atoms with Gasteiger partial charge in [0.05, 0.1) is 12.8 Å². The van der Waals surface area contributed by atoms with Crippen LogP contribution in [-0.4, -0.2) is 31.6 Å². The smallest absolute Gasteiger partial charge is 0.226 e. The van der Waals surface area contributed by atoms with Gasteiger partial charge in [-0.05, 0) is 30.0 Å². The second-order valence-electron chi connectivity index (χ2n) is 8.77. The molecule has 0 fully saturated rings. The summed E-state index contributed by atoms with van der Waals surface area (Å²) in [6.45, 7) is 8.85. The monoisotopic (exact) mass is 465 g/mol. The first-order chi connectivity index (χ1) is 15.8. The second-order valence-corrected chi connectivity index (χ2v) is 9.83. The number of nitrogens with zero attached hydrogens (tertiary/aromatic N) is 4. The minimum absolute atomic E-state index is 0.0760. The van der Waals surface area contributed by atoms with Crippen LogP contribution in [0.1, 0.15) is 44.3 Å². The van der Waals surface area contributed by atoms with E-state index in [1.807, 2.05) is 16.7 Å². The van der Waals surface area contributed by atoms with Crippen molar-refractivity contribution >= 4 is 23.5 Å². The summed E-state index contributed by atoms with van der Waals surface area (Å²) in [6, 6.07) is 13.9. The molecule has 0 saturated carbocycles. The molecule has 8 nitrogen and oxygen atoms in total. The molecule has 4 rings (SSSR count). The Balaban J connectivity index is 1.49. The second kappa shape index (κ2) is 9.66. The molecule has 3 heterocycles. The molecule has 0 aliphatic carbocycles. The van der Waals surface area contributed by atoms with Gasteiger partial charge < -0.3 is 14.3 Å². The first kappa shape index (κ1) is 22.8. The van der Waals surface area contributed by atoms with E-state index in [4.69, 9.17) is 8.94 Å². The third-order valence-electron chi connectivity index (χ3n) is 5.08. The van der Waals surface area contributed by atoms with Gasteiger partial charge in [0.15, 0.2) is 16.8 Å². The maximum Gasteiger partial charge on any atom is 0.226 e. The number of benzene rings is 1. The van der Waals surface area contributed by atoms with Crippen molar-refractivity contribution in [2.45, 2.75) is 51.2 Å². The molecule has 1 aromatic carbocycles. The average molecular weight is 466 g/mol. The van der Waals surface area contributed by atoms with Crippen LogP contribution in [-0.2, 0) is 16.8 Å². The van der Waals surface area contributed by atoms with Crippen LogP contribution in [0.15, 0.2) is 62.8 Å². The molecule has 0 saturated heterocycles. The summed E-state index contributed by atoms with van der Waals surface area (Å²) in [5.74, 6) is 3.05. The number of furan rings is 1. The Morgan fingerprint density at radius 3 is 2.58 bits per heavy atom. The van der Waals surface area contributed by atoms with Crippen molar-refractivity contribution in [1.29, 1.82) is 0 Å². The summed E-state index contributed by atoms with van der Waals surface area (Å²) in [5.41, 5.74) is 2.31. The standard InChI is InChI=1S/C24H27N5O3S/c1-16-14-20(28-32-16)25-21(30)11-13-33-23-27-26-22(29(23)15-19-6-5-12-31-19)17-7-9-18(10-8-17)24(2,3)4/h5-10,12,14H,11,13,15H2,1-4H3,(H,25,28,30). The lowest BCUT2D eigenvalue weighted by Crippen LogP contribution is -2.12. The van der Waals surface area contributed by atoms with Gasteiger partial charge in [-0.3, -0.25) is 9.36 Å². The van der Waals surface area contributed by atoms with E-state index >= 15 is 0 Å². The van der Waals surface area contributed by atoms with E-state index in [0.717, 1.165) is 22.3 Å². The number of thioether (sulfide) groups is 1. The van der Waals surface area contributed by atoms with Gasteiger partial charge in [0.2, 0.25) is 5.91 Å². The number of carbonyl (C=O) groups is 1. The topological polar surface area (TPSA) is 99.0 Å². The summed E-state index contributed by atoms with van der Waals surface area (Å²) in [5, 5.41) is 16.1. The number of amides is 1. The Kier molecular flexibility index (Phi) is 6.69. The van der Waals surface area contributed by atoms with Crippen molar-refractivity contribution in [3.63, 3.8) is 0 Å². The molecule has 172 valence electrons. The van der Waals surface area contributed by atoms with Crippen LogP contribution in [0.25, 0.3) is 11.4 Å². The number of nitrogens with one attached hydrogen (secondary N) is 1. The number of aromatic nitrogens is 4. The van der Waals surface area contributed by atoms with E-state index in [2.05, 4.69) is 65.7 Å². The number of aryl methyl sites for hydroxylation is 1. The summed E-state index contributed by atoms with van der Waals surface area (Å²) in [7, 11) is 0. The third-order valence-corrected chi connectivity index (χ3v) is 6.04. The third kappa shape index (κ3) is 5.73. The fraction of sp³-hybridized carbons (Fsp3) is 0.333. The quantitative estimate of drug-likeness (QED) is 0.352. The predicted octanol–water partition coefficient (Wildman–Crippen LogP) is 5.30. The molecule has 0 aliphatic heterocycles. The zero-order valence-corrected chi connectivity index (χ0v) is 20.0. The lowest BCUT2D eigenvalue weighted by atomic mass is 9.87. The van der Waals surface area contributed by atoms with E-state index < -0.39 is 0 Å². The maximum absolute atomic E-state index is 12.2. The van der Waals surface area contributed by atoms with Crippen molar-refractivity contribution in [1.82, 2.24) is 19.9 Å². The summed E-state index contributed by atoms with van der Waals surface area (Å²) >= 11 is 1.48. The van der Waals surface area contributed by atoms with E-state index in [9.17, 15) is 4.79 Å². The summed E-state index contributed by atoms with van der Waals surface area (Å²) in [4.78, 5) is 12.2. The van der Waals surface area contributed by atoms with E-state index in [1.54, 1.807) is 19.3 Å². The van der Waals surface area contributed by atoms with Crippen molar-refractivity contribution in [3.05, 3.63) is 65.8 Å². The molecule has 0 atom stereocenters. The van der Waals surface area contributed by atoms with E-state index in [1.165, 1.54) is 17.3 Å². The first-order valence-corrected chi connectivity index (χ1v) is 11.7.